The standard InChI is InChI=1S/C29H44ClNO7/c1-3-5-6-7-8-9-10-11-12-13-19-37-28(33)17-21-38-29(34)24-14-15-26(25(30)23-24)31-18-22-35-20-16-27(32)36-4-2/h14-16,20,23,31H,3-13,17-19,21-22H2,1-2H3. The Labute approximate surface area is 232 Å². The van der Waals surface area contributed by atoms with E-state index < -0.39 is 11.9 Å². The second-order valence-electron chi connectivity index (χ2n) is 8.84. The average molecular weight is 554 g/mol. The highest BCUT2D eigenvalue weighted by Crippen LogP contribution is 2.23. The smallest absolute Gasteiger partial charge is 0.338 e. The fourth-order valence-corrected chi connectivity index (χ4v) is 3.80. The van der Waals surface area contributed by atoms with Crippen molar-refractivity contribution in [3.8, 4) is 0 Å². The van der Waals surface area contributed by atoms with Crippen molar-refractivity contribution in [2.45, 2.75) is 84.5 Å². The van der Waals surface area contributed by atoms with Crippen molar-refractivity contribution < 1.29 is 33.3 Å². The molecule has 0 aliphatic carbocycles. The maximum atomic E-state index is 12.3. The molecule has 0 spiro atoms. The molecule has 0 heterocycles. The van der Waals surface area contributed by atoms with Gasteiger partial charge in [0.25, 0.3) is 0 Å². The van der Waals surface area contributed by atoms with Crippen LogP contribution < -0.4 is 5.32 Å². The molecular formula is C29H44ClNO7. The van der Waals surface area contributed by atoms with Crippen LogP contribution in [0.4, 0.5) is 5.69 Å². The third-order valence-electron chi connectivity index (χ3n) is 5.63. The number of hydrogen-bond donors (Lipinski definition) is 1. The van der Waals surface area contributed by atoms with Crippen LogP contribution in [0.1, 0.15) is 94.8 Å². The number of ether oxygens (including phenoxy) is 4. The van der Waals surface area contributed by atoms with Gasteiger partial charge in [0, 0.05) is 6.54 Å². The first kappa shape index (κ1) is 33.3. The quantitative estimate of drug-likeness (QED) is 0.0546. The summed E-state index contributed by atoms with van der Waals surface area (Å²) in [6, 6.07) is 4.74. The minimum atomic E-state index is -0.562. The second-order valence-corrected chi connectivity index (χ2v) is 9.24. The molecule has 1 rings (SSSR count). The number of nitrogens with one attached hydrogen (secondary N) is 1. The molecule has 0 atom stereocenters. The first-order valence-corrected chi connectivity index (χ1v) is 14.2. The normalized spacial score (nSPS) is 10.8. The topological polar surface area (TPSA) is 100 Å². The number of unbranched alkanes of at least 4 members (excludes halogenated alkanes) is 9. The Morgan fingerprint density at radius 2 is 1.53 bits per heavy atom. The van der Waals surface area contributed by atoms with Crippen molar-refractivity contribution in [3.63, 3.8) is 0 Å². The summed E-state index contributed by atoms with van der Waals surface area (Å²) >= 11 is 6.25. The molecule has 0 aliphatic rings. The molecule has 0 fully saturated rings. The summed E-state index contributed by atoms with van der Waals surface area (Å²) in [6.45, 7) is 5.33. The molecule has 0 amide bonds. The van der Waals surface area contributed by atoms with Gasteiger partial charge in [0.2, 0.25) is 0 Å². The zero-order valence-electron chi connectivity index (χ0n) is 22.9. The molecule has 0 radical (unpaired) electrons. The van der Waals surface area contributed by atoms with Crippen molar-refractivity contribution in [2.24, 2.45) is 0 Å². The van der Waals surface area contributed by atoms with Crippen LogP contribution in [-0.2, 0) is 28.5 Å². The maximum absolute atomic E-state index is 12.3. The zero-order valence-corrected chi connectivity index (χ0v) is 23.7. The van der Waals surface area contributed by atoms with Crippen molar-refractivity contribution in [2.75, 3.05) is 38.3 Å². The molecule has 0 saturated heterocycles. The lowest BCUT2D eigenvalue weighted by atomic mass is 10.1. The van der Waals surface area contributed by atoms with Crippen LogP contribution in [0.3, 0.4) is 0 Å². The number of carbonyl (C=O) groups excluding carboxylic acids is 3. The summed E-state index contributed by atoms with van der Waals surface area (Å²) in [5.74, 6) is -1.40. The summed E-state index contributed by atoms with van der Waals surface area (Å²) in [4.78, 5) is 35.3. The monoisotopic (exact) mass is 553 g/mol. The molecular weight excluding hydrogens is 510 g/mol. The van der Waals surface area contributed by atoms with Crippen LogP contribution in [-0.4, -0.2) is 50.9 Å². The third kappa shape index (κ3) is 16.9. The summed E-state index contributed by atoms with van der Waals surface area (Å²) in [5.41, 5.74) is 0.907. The van der Waals surface area contributed by atoms with E-state index in [4.69, 9.17) is 30.5 Å². The van der Waals surface area contributed by atoms with Gasteiger partial charge in [0.15, 0.2) is 0 Å². The van der Waals surface area contributed by atoms with Crippen LogP contribution in [0.5, 0.6) is 0 Å². The minimum absolute atomic E-state index is 0.0154. The zero-order chi connectivity index (χ0) is 27.8. The Kier molecular flexibility index (Phi) is 19.5. The highest BCUT2D eigenvalue weighted by atomic mass is 35.5. The summed E-state index contributed by atoms with van der Waals surface area (Å²) in [7, 11) is 0. The SMILES string of the molecule is CCCCCCCCCCCCOC(=O)CCOC(=O)c1ccc(NCCOC=CC(=O)OCC)c(Cl)c1. The van der Waals surface area contributed by atoms with Crippen LogP contribution in [0.25, 0.3) is 0 Å². The van der Waals surface area contributed by atoms with E-state index in [2.05, 4.69) is 12.2 Å². The lowest BCUT2D eigenvalue weighted by Crippen LogP contribution is -2.13. The molecule has 0 saturated carbocycles. The Morgan fingerprint density at radius 3 is 2.18 bits per heavy atom. The molecule has 38 heavy (non-hydrogen) atoms. The maximum Gasteiger partial charge on any atom is 0.338 e. The van der Waals surface area contributed by atoms with Gasteiger partial charge in [-0.25, -0.2) is 9.59 Å². The predicted molar refractivity (Wildman–Crippen MR) is 149 cm³/mol. The van der Waals surface area contributed by atoms with Gasteiger partial charge in [-0.15, -0.1) is 0 Å². The number of anilines is 1. The van der Waals surface area contributed by atoms with Gasteiger partial charge in [-0.2, -0.15) is 0 Å². The van der Waals surface area contributed by atoms with Crippen LogP contribution in [0, 0.1) is 0 Å². The van der Waals surface area contributed by atoms with Crippen molar-refractivity contribution >= 4 is 35.2 Å². The number of halogens is 1. The van der Waals surface area contributed by atoms with Crippen LogP contribution >= 0.6 is 11.6 Å². The van der Waals surface area contributed by atoms with Gasteiger partial charge in [-0.3, -0.25) is 4.79 Å². The molecule has 9 heteroatoms. The Hall–Kier alpha value is -2.74. The molecule has 0 bridgehead atoms. The van der Waals surface area contributed by atoms with Crippen molar-refractivity contribution in [1.29, 1.82) is 0 Å². The van der Waals surface area contributed by atoms with Gasteiger partial charge >= 0.3 is 17.9 Å². The van der Waals surface area contributed by atoms with E-state index in [0.717, 1.165) is 12.8 Å². The molecule has 214 valence electrons. The van der Waals surface area contributed by atoms with E-state index >= 15 is 0 Å². The Balaban J connectivity index is 2.13. The summed E-state index contributed by atoms with van der Waals surface area (Å²) in [6.07, 6.45) is 14.7. The van der Waals surface area contributed by atoms with Gasteiger partial charge < -0.3 is 24.3 Å². The van der Waals surface area contributed by atoms with Crippen LogP contribution in [0.2, 0.25) is 5.02 Å². The molecule has 0 aliphatic heterocycles. The predicted octanol–water partition coefficient (Wildman–Crippen LogP) is 6.86. The summed E-state index contributed by atoms with van der Waals surface area (Å²) in [5, 5.41) is 3.42. The molecule has 0 aromatic heterocycles. The van der Waals surface area contributed by atoms with E-state index in [1.165, 1.54) is 69.8 Å². The van der Waals surface area contributed by atoms with Gasteiger partial charge in [-0.1, -0.05) is 76.3 Å². The number of hydrogen-bond acceptors (Lipinski definition) is 8. The van der Waals surface area contributed by atoms with Gasteiger partial charge in [0.1, 0.15) is 13.2 Å². The first-order chi connectivity index (χ1) is 18.5. The van der Waals surface area contributed by atoms with E-state index in [1.807, 2.05) is 0 Å². The highest BCUT2D eigenvalue weighted by molar-refractivity contribution is 6.33. The number of rotatable bonds is 22. The molecule has 1 N–H and O–H groups in total. The average Bonchev–Trinajstić information content (AvgIpc) is 2.90. The number of carbonyl (C=O) groups is 3. The van der Waals surface area contributed by atoms with Gasteiger partial charge in [0.05, 0.1) is 48.2 Å². The number of benzene rings is 1. The van der Waals surface area contributed by atoms with E-state index in [0.29, 0.717) is 37.1 Å². The lowest BCUT2D eigenvalue weighted by molar-refractivity contribution is -0.144. The largest absolute Gasteiger partial charge is 0.499 e. The molecule has 1 aromatic carbocycles. The molecule has 0 unspecified atom stereocenters. The lowest BCUT2D eigenvalue weighted by Gasteiger charge is -2.10. The minimum Gasteiger partial charge on any atom is -0.499 e. The highest BCUT2D eigenvalue weighted by Gasteiger charge is 2.12. The van der Waals surface area contributed by atoms with E-state index in [1.54, 1.807) is 19.1 Å². The number of esters is 3. The van der Waals surface area contributed by atoms with Gasteiger partial charge in [-0.05, 0) is 31.5 Å². The van der Waals surface area contributed by atoms with Crippen molar-refractivity contribution in [1.82, 2.24) is 0 Å². The van der Waals surface area contributed by atoms with E-state index in [-0.39, 0.29) is 24.6 Å². The second kappa shape index (κ2) is 22.3. The molecule has 1 aromatic rings. The molecule has 8 nitrogen and oxygen atoms in total. The fraction of sp³-hybridized carbons (Fsp3) is 0.621. The first-order valence-electron chi connectivity index (χ1n) is 13.8. The fourth-order valence-electron chi connectivity index (χ4n) is 3.55. The summed E-state index contributed by atoms with van der Waals surface area (Å²) < 4.78 is 20.3. The van der Waals surface area contributed by atoms with Crippen molar-refractivity contribution in [3.05, 3.63) is 41.1 Å². The third-order valence-corrected chi connectivity index (χ3v) is 5.94. The Morgan fingerprint density at radius 1 is 0.842 bits per heavy atom. The van der Waals surface area contributed by atoms with E-state index in [9.17, 15) is 14.4 Å². The van der Waals surface area contributed by atoms with Crippen LogP contribution in [0.15, 0.2) is 30.5 Å². The Bertz CT molecular complexity index is 844.